The molecule has 0 aromatic heterocycles. The summed E-state index contributed by atoms with van der Waals surface area (Å²) in [6.45, 7) is 5.97. The minimum atomic E-state index is -0.107. The topological polar surface area (TPSA) is 26.3 Å². The molecule has 2 heteroatoms. The number of carbonyl (C=O) groups is 1. The van der Waals surface area contributed by atoms with Crippen LogP contribution >= 0.6 is 0 Å². The molecule has 0 saturated heterocycles. The van der Waals surface area contributed by atoms with Crippen molar-refractivity contribution in [2.75, 3.05) is 0 Å². The summed E-state index contributed by atoms with van der Waals surface area (Å²) in [5, 5.41) is 0. The normalized spacial score (nSPS) is 33.4. The Morgan fingerprint density at radius 1 is 1.00 bits per heavy atom. The summed E-state index contributed by atoms with van der Waals surface area (Å²) in [4.78, 5) is 11.5. The largest absolute Gasteiger partial charge is 0.462 e. The average molecular weight is 292 g/mol. The lowest BCUT2D eigenvalue weighted by atomic mass is 9.77. The number of rotatable bonds is 6. The van der Waals surface area contributed by atoms with Crippen molar-refractivity contribution in [3.05, 3.63) is 12.7 Å². The third kappa shape index (κ3) is 5.84. The van der Waals surface area contributed by atoms with Crippen LogP contribution in [0.2, 0.25) is 0 Å². The van der Waals surface area contributed by atoms with Crippen molar-refractivity contribution in [3.8, 4) is 0 Å². The highest BCUT2D eigenvalue weighted by atomic mass is 16.5. The van der Waals surface area contributed by atoms with Crippen LogP contribution in [0.25, 0.3) is 0 Å². The summed E-state index contributed by atoms with van der Waals surface area (Å²) in [5.74, 6) is 2.72. The third-order valence-electron chi connectivity index (χ3n) is 5.52. The maximum absolute atomic E-state index is 11.5. The minimum Gasteiger partial charge on any atom is -0.462 e. The summed E-state index contributed by atoms with van der Waals surface area (Å²) in [5.41, 5.74) is 0. The van der Waals surface area contributed by atoms with E-state index in [4.69, 9.17) is 4.74 Å². The Morgan fingerprint density at radius 3 is 2.05 bits per heavy atom. The second-order valence-corrected chi connectivity index (χ2v) is 7.33. The molecule has 21 heavy (non-hydrogen) atoms. The maximum Gasteiger partial charge on any atom is 0.309 e. The molecular formula is C19H32O2. The van der Waals surface area contributed by atoms with E-state index in [-0.39, 0.29) is 12.1 Å². The Morgan fingerprint density at radius 2 is 1.52 bits per heavy atom. The first-order chi connectivity index (χ1) is 10.2. The van der Waals surface area contributed by atoms with Crippen molar-refractivity contribution in [2.45, 2.75) is 83.7 Å². The van der Waals surface area contributed by atoms with Gasteiger partial charge in [-0.2, -0.15) is 0 Å². The van der Waals surface area contributed by atoms with E-state index >= 15 is 0 Å². The van der Waals surface area contributed by atoms with Gasteiger partial charge in [0, 0.05) is 0 Å². The second kappa shape index (κ2) is 8.60. The second-order valence-electron chi connectivity index (χ2n) is 7.33. The van der Waals surface area contributed by atoms with Crippen molar-refractivity contribution >= 4 is 5.97 Å². The lowest BCUT2D eigenvalue weighted by Gasteiger charge is -2.31. The van der Waals surface area contributed by atoms with Crippen LogP contribution in [0, 0.1) is 17.8 Å². The van der Waals surface area contributed by atoms with Crippen LogP contribution in [-0.2, 0) is 9.53 Å². The molecule has 0 heterocycles. The molecule has 2 fully saturated rings. The van der Waals surface area contributed by atoms with Crippen molar-refractivity contribution < 1.29 is 9.53 Å². The first kappa shape index (κ1) is 16.6. The quantitative estimate of drug-likeness (QED) is 0.492. The first-order valence-electron chi connectivity index (χ1n) is 8.97. The molecule has 0 N–H and O–H groups in total. The van der Waals surface area contributed by atoms with Gasteiger partial charge in [0.25, 0.3) is 0 Å². The van der Waals surface area contributed by atoms with Gasteiger partial charge >= 0.3 is 5.97 Å². The Balaban J connectivity index is 1.58. The smallest absolute Gasteiger partial charge is 0.309 e. The highest BCUT2D eigenvalue weighted by Crippen LogP contribution is 2.35. The van der Waals surface area contributed by atoms with Gasteiger partial charge in [-0.25, -0.2) is 0 Å². The fraction of sp³-hybridized carbons (Fsp3) is 0.842. The number of hydrogen-bond donors (Lipinski definition) is 0. The maximum atomic E-state index is 11.5. The Labute approximate surface area is 130 Å². The SMILES string of the molecule is C=CCC(=O)OC1CCC(CCC2CCC(C)CC2)CC1. The van der Waals surface area contributed by atoms with Crippen molar-refractivity contribution in [3.63, 3.8) is 0 Å². The highest BCUT2D eigenvalue weighted by molar-refractivity contribution is 5.71. The van der Waals surface area contributed by atoms with Crippen LogP contribution in [0.1, 0.15) is 77.6 Å². The molecule has 0 unspecified atom stereocenters. The van der Waals surface area contributed by atoms with Gasteiger partial charge in [-0.3, -0.25) is 4.79 Å². The molecule has 2 saturated carbocycles. The van der Waals surface area contributed by atoms with Gasteiger partial charge in [0.2, 0.25) is 0 Å². The van der Waals surface area contributed by atoms with E-state index in [1.165, 1.54) is 51.4 Å². The summed E-state index contributed by atoms with van der Waals surface area (Å²) in [7, 11) is 0. The molecule has 0 aromatic carbocycles. The van der Waals surface area contributed by atoms with E-state index < -0.39 is 0 Å². The van der Waals surface area contributed by atoms with E-state index in [0.717, 1.165) is 30.6 Å². The molecule has 0 spiro atoms. The van der Waals surface area contributed by atoms with E-state index in [1.807, 2.05) is 0 Å². The molecule has 0 radical (unpaired) electrons. The predicted molar refractivity (Wildman–Crippen MR) is 87.0 cm³/mol. The molecule has 0 atom stereocenters. The molecule has 0 aliphatic heterocycles. The molecule has 2 aliphatic rings. The molecule has 2 nitrogen and oxygen atoms in total. The van der Waals surface area contributed by atoms with Gasteiger partial charge in [-0.1, -0.05) is 51.5 Å². The van der Waals surface area contributed by atoms with Gasteiger partial charge in [-0.15, -0.1) is 6.58 Å². The number of ether oxygens (including phenoxy) is 1. The summed E-state index contributed by atoms with van der Waals surface area (Å²) in [6.07, 6.45) is 15.4. The predicted octanol–water partition coefficient (Wildman–Crippen LogP) is 5.27. The summed E-state index contributed by atoms with van der Waals surface area (Å²) < 4.78 is 5.48. The average Bonchev–Trinajstić information content (AvgIpc) is 2.48. The molecular weight excluding hydrogens is 260 g/mol. The molecule has 0 aromatic rings. The zero-order chi connectivity index (χ0) is 15.1. The van der Waals surface area contributed by atoms with Crippen LogP contribution in [0.3, 0.4) is 0 Å². The zero-order valence-corrected chi connectivity index (χ0v) is 13.7. The molecule has 0 amide bonds. The van der Waals surface area contributed by atoms with E-state index in [2.05, 4.69) is 13.5 Å². The fourth-order valence-electron chi connectivity index (χ4n) is 3.98. The number of carbonyl (C=O) groups excluding carboxylic acids is 1. The van der Waals surface area contributed by atoms with Gasteiger partial charge in [0.05, 0.1) is 6.42 Å². The molecule has 2 rings (SSSR count). The molecule has 2 aliphatic carbocycles. The van der Waals surface area contributed by atoms with Crippen molar-refractivity contribution in [2.24, 2.45) is 17.8 Å². The lowest BCUT2D eigenvalue weighted by Crippen LogP contribution is -2.24. The van der Waals surface area contributed by atoms with E-state index in [9.17, 15) is 4.79 Å². The molecule has 0 bridgehead atoms. The van der Waals surface area contributed by atoms with Crippen LogP contribution < -0.4 is 0 Å². The standard InChI is InChI=1S/C19H32O2/c1-3-4-19(20)21-18-13-11-17(12-14-18)10-9-16-7-5-15(2)6-8-16/h3,15-18H,1,4-14H2,2H3. The Hall–Kier alpha value is -0.790. The molecule has 120 valence electrons. The lowest BCUT2D eigenvalue weighted by molar-refractivity contribution is -0.149. The summed E-state index contributed by atoms with van der Waals surface area (Å²) >= 11 is 0. The van der Waals surface area contributed by atoms with Gasteiger partial charge in [0.15, 0.2) is 0 Å². The summed E-state index contributed by atoms with van der Waals surface area (Å²) in [6, 6.07) is 0. The van der Waals surface area contributed by atoms with E-state index in [1.54, 1.807) is 6.08 Å². The van der Waals surface area contributed by atoms with Gasteiger partial charge in [0.1, 0.15) is 6.10 Å². The van der Waals surface area contributed by atoms with Crippen LogP contribution in [0.4, 0.5) is 0 Å². The van der Waals surface area contributed by atoms with E-state index in [0.29, 0.717) is 6.42 Å². The van der Waals surface area contributed by atoms with Crippen LogP contribution in [0.5, 0.6) is 0 Å². The monoisotopic (exact) mass is 292 g/mol. The van der Waals surface area contributed by atoms with Crippen molar-refractivity contribution in [1.29, 1.82) is 0 Å². The highest BCUT2D eigenvalue weighted by Gasteiger charge is 2.25. The first-order valence-corrected chi connectivity index (χ1v) is 8.97. The van der Waals surface area contributed by atoms with Crippen LogP contribution in [-0.4, -0.2) is 12.1 Å². The zero-order valence-electron chi connectivity index (χ0n) is 13.7. The fourth-order valence-corrected chi connectivity index (χ4v) is 3.98. The number of esters is 1. The third-order valence-corrected chi connectivity index (χ3v) is 5.52. The minimum absolute atomic E-state index is 0.107. The van der Waals surface area contributed by atoms with Crippen LogP contribution in [0.15, 0.2) is 12.7 Å². The van der Waals surface area contributed by atoms with Gasteiger partial charge in [-0.05, 0) is 43.4 Å². The Kier molecular flexibility index (Phi) is 6.79. The number of hydrogen-bond acceptors (Lipinski definition) is 2. The van der Waals surface area contributed by atoms with Crippen molar-refractivity contribution in [1.82, 2.24) is 0 Å². The van der Waals surface area contributed by atoms with Gasteiger partial charge < -0.3 is 4.74 Å². The Bertz CT molecular complexity index is 320.